The van der Waals surface area contributed by atoms with Crippen LogP contribution in [0.25, 0.3) is 0 Å². The lowest BCUT2D eigenvalue weighted by Crippen LogP contribution is -2.11. The Hall–Kier alpha value is -1.22. The van der Waals surface area contributed by atoms with Crippen LogP contribution >= 0.6 is 11.6 Å². The van der Waals surface area contributed by atoms with E-state index in [1.54, 1.807) is 19.2 Å². The van der Waals surface area contributed by atoms with Crippen LogP contribution in [0.2, 0.25) is 5.02 Å². The fourth-order valence-electron chi connectivity index (χ4n) is 2.75. The van der Waals surface area contributed by atoms with Gasteiger partial charge in [0.05, 0.1) is 18.7 Å². The van der Waals surface area contributed by atoms with Crippen molar-refractivity contribution in [3.63, 3.8) is 0 Å². The minimum Gasteiger partial charge on any atom is -0.493 e. The van der Waals surface area contributed by atoms with Gasteiger partial charge in [0.2, 0.25) is 0 Å². The first-order valence-electron chi connectivity index (χ1n) is 7.20. The molecule has 1 fully saturated rings. The molecule has 4 heteroatoms. The average molecular weight is 297 g/mol. The molecule has 0 heterocycles. The number of carbonyl (C=O) groups excluding carboxylic acids is 1. The van der Waals surface area contributed by atoms with Gasteiger partial charge in [0.25, 0.3) is 0 Å². The van der Waals surface area contributed by atoms with Gasteiger partial charge in [-0.1, -0.05) is 43.7 Å². The van der Waals surface area contributed by atoms with Gasteiger partial charge in [-0.2, -0.15) is 0 Å². The molecule has 110 valence electrons. The van der Waals surface area contributed by atoms with Gasteiger partial charge in [-0.3, -0.25) is 4.79 Å². The molecule has 0 atom stereocenters. The van der Waals surface area contributed by atoms with Crippen molar-refractivity contribution < 1.29 is 14.3 Å². The zero-order valence-electron chi connectivity index (χ0n) is 11.9. The van der Waals surface area contributed by atoms with Crippen LogP contribution in [0.1, 0.15) is 48.9 Å². The van der Waals surface area contributed by atoms with Crippen LogP contribution < -0.4 is 9.47 Å². The van der Waals surface area contributed by atoms with Crippen molar-refractivity contribution in [1.82, 2.24) is 0 Å². The van der Waals surface area contributed by atoms with E-state index in [4.69, 9.17) is 21.1 Å². The smallest absolute Gasteiger partial charge is 0.179 e. The van der Waals surface area contributed by atoms with Gasteiger partial charge in [0.15, 0.2) is 11.5 Å². The highest BCUT2D eigenvalue weighted by atomic mass is 35.5. The summed E-state index contributed by atoms with van der Waals surface area (Å²) in [6, 6.07) is 3.25. The SMILES string of the molecule is COc1cc(C=O)cc(Cl)c1OCCC1CCCCC1. The lowest BCUT2D eigenvalue weighted by atomic mass is 9.87. The molecule has 20 heavy (non-hydrogen) atoms. The molecule has 0 bridgehead atoms. The maximum absolute atomic E-state index is 10.8. The van der Waals surface area contributed by atoms with Crippen molar-refractivity contribution in [2.24, 2.45) is 5.92 Å². The molecule has 3 nitrogen and oxygen atoms in total. The predicted octanol–water partition coefficient (Wildman–Crippen LogP) is 4.51. The van der Waals surface area contributed by atoms with E-state index in [0.29, 0.717) is 28.7 Å². The zero-order valence-corrected chi connectivity index (χ0v) is 12.6. The number of aldehydes is 1. The summed E-state index contributed by atoms with van der Waals surface area (Å²) in [4.78, 5) is 10.8. The maximum atomic E-state index is 10.8. The fourth-order valence-corrected chi connectivity index (χ4v) is 3.03. The normalized spacial score (nSPS) is 15.9. The number of methoxy groups -OCH3 is 1. The summed E-state index contributed by atoms with van der Waals surface area (Å²) in [5.74, 6) is 1.82. The molecule has 0 spiro atoms. The molecule has 1 aliphatic carbocycles. The van der Waals surface area contributed by atoms with Gasteiger partial charge < -0.3 is 9.47 Å². The van der Waals surface area contributed by atoms with E-state index >= 15 is 0 Å². The standard InChI is InChI=1S/C16H21ClO3/c1-19-15-10-13(11-18)9-14(17)16(15)20-8-7-12-5-3-2-4-6-12/h9-12H,2-8H2,1H3. The molecule has 0 saturated heterocycles. The first-order valence-corrected chi connectivity index (χ1v) is 7.58. The number of halogens is 1. The summed E-state index contributed by atoms with van der Waals surface area (Å²) in [6.07, 6.45) is 8.45. The molecule has 2 rings (SSSR count). The van der Waals surface area contributed by atoms with Crippen LogP contribution in [0, 0.1) is 5.92 Å². The minimum absolute atomic E-state index is 0.426. The molecule has 0 N–H and O–H groups in total. The van der Waals surface area contributed by atoms with Crippen LogP contribution in [0.15, 0.2) is 12.1 Å². The molecular weight excluding hydrogens is 276 g/mol. The summed E-state index contributed by atoms with van der Waals surface area (Å²) in [5, 5.41) is 0.426. The summed E-state index contributed by atoms with van der Waals surface area (Å²) < 4.78 is 11.0. The van der Waals surface area contributed by atoms with Crippen molar-refractivity contribution in [3.8, 4) is 11.5 Å². The van der Waals surface area contributed by atoms with Crippen molar-refractivity contribution in [2.75, 3.05) is 13.7 Å². The van der Waals surface area contributed by atoms with E-state index in [-0.39, 0.29) is 0 Å². The number of benzene rings is 1. The highest BCUT2D eigenvalue weighted by Crippen LogP contribution is 2.36. The second kappa shape index (κ2) is 7.53. The quantitative estimate of drug-likeness (QED) is 0.725. The number of ether oxygens (including phenoxy) is 2. The Labute approximate surface area is 125 Å². The summed E-state index contributed by atoms with van der Waals surface area (Å²) in [7, 11) is 1.55. The third-order valence-corrected chi connectivity index (χ3v) is 4.17. The number of carbonyl (C=O) groups is 1. The van der Waals surface area contributed by atoms with Crippen LogP contribution in [0.3, 0.4) is 0 Å². The first-order chi connectivity index (χ1) is 9.74. The number of rotatable bonds is 6. The van der Waals surface area contributed by atoms with Crippen molar-refractivity contribution in [3.05, 3.63) is 22.7 Å². The van der Waals surface area contributed by atoms with Crippen LogP contribution in [0.4, 0.5) is 0 Å². The molecule has 0 radical (unpaired) electrons. The molecule has 0 amide bonds. The third kappa shape index (κ3) is 3.89. The number of hydrogen-bond donors (Lipinski definition) is 0. The predicted molar refractivity (Wildman–Crippen MR) is 80.1 cm³/mol. The summed E-state index contributed by atoms with van der Waals surface area (Å²) in [6.45, 7) is 0.640. The largest absolute Gasteiger partial charge is 0.493 e. The highest BCUT2D eigenvalue weighted by Gasteiger charge is 2.15. The Morgan fingerprint density at radius 1 is 1.30 bits per heavy atom. The Morgan fingerprint density at radius 2 is 2.05 bits per heavy atom. The Bertz CT molecular complexity index is 453. The first kappa shape index (κ1) is 15.2. The van der Waals surface area contributed by atoms with E-state index in [0.717, 1.165) is 18.6 Å². The topological polar surface area (TPSA) is 35.5 Å². The maximum Gasteiger partial charge on any atom is 0.179 e. The Kier molecular flexibility index (Phi) is 5.72. The van der Waals surface area contributed by atoms with Crippen LogP contribution in [0.5, 0.6) is 11.5 Å². The monoisotopic (exact) mass is 296 g/mol. The number of hydrogen-bond acceptors (Lipinski definition) is 3. The summed E-state index contributed by atoms with van der Waals surface area (Å²) in [5.41, 5.74) is 0.492. The third-order valence-electron chi connectivity index (χ3n) is 3.89. The van der Waals surface area contributed by atoms with E-state index in [1.807, 2.05) is 0 Å². The van der Waals surface area contributed by atoms with Gasteiger partial charge in [0.1, 0.15) is 6.29 Å². The van der Waals surface area contributed by atoms with Gasteiger partial charge in [-0.25, -0.2) is 0 Å². The van der Waals surface area contributed by atoms with Crippen molar-refractivity contribution in [2.45, 2.75) is 38.5 Å². The molecule has 0 aliphatic heterocycles. The molecule has 0 unspecified atom stereocenters. The Morgan fingerprint density at radius 3 is 2.70 bits per heavy atom. The fraction of sp³-hybridized carbons (Fsp3) is 0.562. The van der Waals surface area contributed by atoms with Gasteiger partial charge in [-0.15, -0.1) is 0 Å². The van der Waals surface area contributed by atoms with Gasteiger partial charge in [-0.05, 0) is 24.5 Å². The Balaban J connectivity index is 1.95. The minimum atomic E-state index is 0.426. The lowest BCUT2D eigenvalue weighted by molar-refractivity contribution is 0.112. The molecule has 0 aromatic heterocycles. The molecular formula is C16H21ClO3. The van der Waals surface area contributed by atoms with E-state index in [2.05, 4.69) is 0 Å². The van der Waals surface area contributed by atoms with E-state index < -0.39 is 0 Å². The molecule has 1 aromatic carbocycles. The van der Waals surface area contributed by atoms with E-state index in [9.17, 15) is 4.79 Å². The summed E-state index contributed by atoms with van der Waals surface area (Å²) >= 11 is 6.15. The van der Waals surface area contributed by atoms with Crippen LogP contribution in [-0.4, -0.2) is 20.0 Å². The molecule has 1 aliphatic rings. The van der Waals surface area contributed by atoms with Gasteiger partial charge >= 0.3 is 0 Å². The molecule has 1 saturated carbocycles. The van der Waals surface area contributed by atoms with Crippen LogP contribution in [-0.2, 0) is 0 Å². The zero-order chi connectivity index (χ0) is 14.4. The highest BCUT2D eigenvalue weighted by molar-refractivity contribution is 6.32. The van der Waals surface area contributed by atoms with E-state index in [1.165, 1.54) is 32.1 Å². The lowest BCUT2D eigenvalue weighted by Gasteiger charge is -2.21. The van der Waals surface area contributed by atoms with Crippen molar-refractivity contribution >= 4 is 17.9 Å². The van der Waals surface area contributed by atoms with Gasteiger partial charge in [0, 0.05) is 5.56 Å². The molecule has 1 aromatic rings. The second-order valence-electron chi connectivity index (χ2n) is 5.29. The average Bonchev–Trinajstić information content (AvgIpc) is 2.49. The second-order valence-corrected chi connectivity index (χ2v) is 5.70. The van der Waals surface area contributed by atoms with Crippen molar-refractivity contribution in [1.29, 1.82) is 0 Å².